The lowest BCUT2D eigenvalue weighted by atomic mass is 10.1. The van der Waals surface area contributed by atoms with Gasteiger partial charge in [0.25, 0.3) is 0 Å². The van der Waals surface area contributed by atoms with E-state index in [2.05, 4.69) is 29.6 Å². The molecule has 2 aromatic carbocycles. The highest BCUT2D eigenvalue weighted by Gasteiger charge is 2.13. The summed E-state index contributed by atoms with van der Waals surface area (Å²) in [5, 5.41) is 27.5. The number of halogens is 1. The number of benzene rings is 2. The Morgan fingerprint density at radius 2 is 1.41 bits per heavy atom. The summed E-state index contributed by atoms with van der Waals surface area (Å²) in [5.41, 5.74) is 0.545. The number of carbonyl (C=O) groups is 2. The average molecular weight is 566 g/mol. The first kappa shape index (κ1) is 35.6. The molecule has 0 aliphatic carbocycles. The van der Waals surface area contributed by atoms with Crippen molar-refractivity contribution in [1.82, 2.24) is 0 Å². The SMILES string of the molecule is C=C(C)C(=O)OCC(O)CCl.C=C(CC(O)COc1ccccc1)C(=O)OC.[CH2]CC(O)Oc1ccccc1. The quantitative estimate of drug-likeness (QED) is 0.143. The van der Waals surface area contributed by atoms with E-state index in [1.807, 2.05) is 36.4 Å². The van der Waals surface area contributed by atoms with Gasteiger partial charge < -0.3 is 34.3 Å². The van der Waals surface area contributed by atoms with E-state index in [0.29, 0.717) is 23.5 Å². The van der Waals surface area contributed by atoms with Crippen LogP contribution in [-0.2, 0) is 19.1 Å². The number of hydrogen-bond donors (Lipinski definition) is 3. The third kappa shape index (κ3) is 18.5. The molecule has 0 fully saturated rings. The van der Waals surface area contributed by atoms with Gasteiger partial charge in [0.2, 0.25) is 0 Å². The molecule has 3 N–H and O–H groups in total. The van der Waals surface area contributed by atoms with Gasteiger partial charge in [-0.1, -0.05) is 49.6 Å². The second-order valence-electron chi connectivity index (χ2n) is 7.94. The van der Waals surface area contributed by atoms with Crippen LogP contribution in [0.4, 0.5) is 0 Å². The van der Waals surface area contributed by atoms with Gasteiger partial charge >= 0.3 is 11.9 Å². The predicted molar refractivity (Wildman–Crippen MR) is 149 cm³/mol. The Kier molecular flexibility index (Phi) is 19.7. The number of aliphatic hydroxyl groups is 3. The summed E-state index contributed by atoms with van der Waals surface area (Å²) >= 11 is 5.25. The molecule has 0 spiro atoms. The largest absolute Gasteiger partial charge is 0.491 e. The van der Waals surface area contributed by atoms with Crippen LogP contribution in [0, 0.1) is 6.92 Å². The molecule has 3 atom stereocenters. The molecule has 0 aliphatic heterocycles. The van der Waals surface area contributed by atoms with Crippen LogP contribution in [0.5, 0.6) is 11.5 Å². The van der Waals surface area contributed by atoms with Crippen molar-refractivity contribution in [2.24, 2.45) is 0 Å². The summed E-state index contributed by atoms with van der Waals surface area (Å²) in [4.78, 5) is 21.7. The zero-order chi connectivity index (χ0) is 29.6. The third-order valence-electron chi connectivity index (χ3n) is 4.34. The van der Waals surface area contributed by atoms with Crippen LogP contribution in [-0.4, -0.2) is 72.0 Å². The minimum absolute atomic E-state index is 0.0590. The summed E-state index contributed by atoms with van der Waals surface area (Å²) in [6.07, 6.45) is -1.87. The summed E-state index contributed by atoms with van der Waals surface area (Å²) in [6.45, 7) is 12.0. The molecule has 1 radical (unpaired) electrons. The number of methoxy groups -OCH3 is 1. The Hall–Kier alpha value is -3.37. The number of hydrogen-bond acceptors (Lipinski definition) is 9. The number of ether oxygens (including phenoxy) is 4. The minimum atomic E-state index is -0.794. The van der Waals surface area contributed by atoms with Crippen LogP contribution >= 0.6 is 11.6 Å². The second-order valence-corrected chi connectivity index (χ2v) is 8.25. The van der Waals surface area contributed by atoms with Gasteiger partial charge in [0.15, 0.2) is 6.29 Å². The number of para-hydroxylation sites is 2. The Bertz CT molecular complexity index is 967. The maximum atomic E-state index is 11.0. The molecular formula is C29H38ClO9. The van der Waals surface area contributed by atoms with Crippen molar-refractivity contribution < 1.29 is 43.9 Å². The fourth-order valence-electron chi connectivity index (χ4n) is 2.33. The zero-order valence-electron chi connectivity index (χ0n) is 22.3. The average Bonchev–Trinajstić information content (AvgIpc) is 2.95. The van der Waals surface area contributed by atoms with Gasteiger partial charge in [-0.3, -0.25) is 0 Å². The lowest BCUT2D eigenvalue weighted by molar-refractivity contribution is -0.141. The van der Waals surface area contributed by atoms with Gasteiger partial charge in [-0.2, -0.15) is 0 Å². The monoisotopic (exact) mass is 565 g/mol. The molecule has 0 aliphatic rings. The molecule has 215 valence electrons. The van der Waals surface area contributed by atoms with E-state index in [-0.39, 0.29) is 31.1 Å². The Morgan fingerprint density at radius 1 is 0.872 bits per heavy atom. The fourth-order valence-corrected chi connectivity index (χ4v) is 2.42. The summed E-state index contributed by atoms with van der Waals surface area (Å²) in [7, 11) is 1.28. The number of aliphatic hydroxyl groups excluding tert-OH is 3. The van der Waals surface area contributed by atoms with Crippen LogP contribution in [0.15, 0.2) is 85.0 Å². The first-order valence-corrected chi connectivity index (χ1v) is 12.4. The molecule has 0 bridgehead atoms. The number of carbonyl (C=O) groups excluding carboxylic acids is 2. The molecule has 2 rings (SSSR count). The van der Waals surface area contributed by atoms with Crippen LogP contribution < -0.4 is 9.47 Å². The van der Waals surface area contributed by atoms with Gasteiger partial charge in [-0.05, 0) is 38.1 Å². The van der Waals surface area contributed by atoms with Crippen molar-refractivity contribution in [3.8, 4) is 11.5 Å². The molecule has 2 aromatic rings. The smallest absolute Gasteiger partial charge is 0.333 e. The van der Waals surface area contributed by atoms with Crippen LogP contribution in [0.1, 0.15) is 19.8 Å². The Labute approximate surface area is 235 Å². The normalized spacial score (nSPS) is 12.1. The van der Waals surface area contributed by atoms with E-state index in [0.717, 1.165) is 0 Å². The van der Waals surface area contributed by atoms with E-state index < -0.39 is 30.4 Å². The van der Waals surface area contributed by atoms with Gasteiger partial charge in [0.05, 0.1) is 19.1 Å². The van der Waals surface area contributed by atoms with E-state index in [4.69, 9.17) is 31.3 Å². The van der Waals surface area contributed by atoms with Crippen LogP contribution in [0.2, 0.25) is 0 Å². The van der Waals surface area contributed by atoms with Crippen molar-refractivity contribution in [2.45, 2.75) is 38.3 Å². The summed E-state index contributed by atoms with van der Waals surface area (Å²) in [6, 6.07) is 18.3. The van der Waals surface area contributed by atoms with E-state index in [1.165, 1.54) is 14.0 Å². The molecule has 0 amide bonds. The number of esters is 2. The molecule has 0 saturated heterocycles. The first-order valence-electron chi connectivity index (χ1n) is 11.9. The van der Waals surface area contributed by atoms with Crippen molar-refractivity contribution in [1.29, 1.82) is 0 Å². The van der Waals surface area contributed by atoms with Gasteiger partial charge in [0, 0.05) is 24.0 Å². The number of rotatable bonds is 13. The second kappa shape index (κ2) is 21.6. The van der Waals surface area contributed by atoms with E-state index >= 15 is 0 Å². The molecule has 0 aromatic heterocycles. The van der Waals surface area contributed by atoms with Crippen molar-refractivity contribution >= 4 is 23.5 Å². The van der Waals surface area contributed by atoms with Gasteiger partial charge in [-0.15, -0.1) is 11.6 Å². The topological polar surface area (TPSA) is 132 Å². The third-order valence-corrected chi connectivity index (χ3v) is 4.69. The summed E-state index contributed by atoms with van der Waals surface area (Å²) in [5.74, 6) is 0.389. The highest BCUT2D eigenvalue weighted by atomic mass is 35.5. The highest BCUT2D eigenvalue weighted by molar-refractivity contribution is 6.18. The van der Waals surface area contributed by atoms with E-state index in [9.17, 15) is 14.7 Å². The van der Waals surface area contributed by atoms with Crippen LogP contribution in [0.3, 0.4) is 0 Å². The lowest BCUT2D eigenvalue weighted by Crippen LogP contribution is -2.20. The maximum Gasteiger partial charge on any atom is 0.333 e. The molecule has 0 heterocycles. The predicted octanol–water partition coefficient (Wildman–Crippen LogP) is 3.86. The molecule has 39 heavy (non-hydrogen) atoms. The highest BCUT2D eigenvalue weighted by Crippen LogP contribution is 2.12. The fraction of sp³-hybridized carbons (Fsp3) is 0.345. The van der Waals surface area contributed by atoms with Crippen molar-refractivity contribution in [3.05, 3.63) is 91.9 Å². The molecule has 9 nitrogen and oxygen atoms in total. The van der Waals surface area contributed by atoms with Crippen molar-refractivity contribution in [3.63, 3.8) is 0 Å². The Balaban J connectivity index is 0.000000579. The Morgan fingerprint density at radius 3 is 1.87 bits per heavy atom. The summed E-state index contributed by atoms with van der Waals surface area (Å²) < 4.78 is 19.5. The minimum Gasteiger partial charge on any atom is -0.491 e. The zero-order valence-corrected chi connectivity index (χ0v) is 23.1. The van der Waals surface area contributed by atoms with Gasteiger partial charge in [0.1, 0.15) is 30.8 Å². The molecular weight excluding hydrogens is 528 g/mol. The van der Waals surface area contributed by atoms with Crippen LogP contribution in [0.25, 0.3) is 0 Å². The maximum absolute atomic E-state index is 11.0. The van der Waals surface area contributed by atoms with Gasteiger partial charge in [-0.25, -0.2) is 9.59 Å². The first-order chi connectivity index (χ1) is 18.5. The van der Waals surface area contributed by atoms with E-state index in [1.54, 1.807) is 24.3 Å². The molecule has 10 heteroatoms. The van der Waals surface area contributed by atoms with Crippen molar-refractivity contribution in [2.75, 3.05) is 26.2 Å². The molecule has 3 unspecified atom stereocenters. The number of alkyl halides is 1. The lowest BCUT2D eigenvalue weighted by Gasteiger charge is -2.12. The molecule has 0 saturated carbocycles. The standard InChI is InChI=1S/C13H16O4.C9H11O2.C7H11ClO3/c1-10(13(15)16-2)8-11(14)9-17-12-6-4-3-5-7-12;1-2-9(10)11-8-6-4-3-5-7-8;1-5(2)7(10)11-4-6(9)3-8/h3-7,11,14H,1,8-9H2,2H3;3-7,9-10H,1-2H2;6,9H,1,3-4H2,2H3.